The zero-order chi connectivity index (χ0) is 10.4. The van der Waals surface area contributed by atoms with E-state index in [9.17, 15) is 4.21 Å². The van der Waals surface area contributed by atoms with Crippen molar-refractivity contribution in [3.05, 3.63) is 0 Å². The zero-order valence-electron chi connectivity index (χ0n) is 9.21. The lowest BCUT2D eigenvalue weighted by molar-refractivity contribution is 0.324. The van der Waals surface area contributed by atoms with Gasteiger partial charge in [0.1, 0.15) is 0 Å². The van der Waals surface area contributed by atoms with E-state index in [1.807, 2.05) is 6.92 Å². The molecule has 0 radical (unpaired) electrons. The van der Waals surface area contributed by atoms with Gasteiger partial charge in [0.25, 0.3) is 0 Å². The Morgan fingerprint density at radius 2 is 2.00 bits per heavy atom. The molecule has 0 aromatic carbocycles. The Morgan fingerprint density at radius 1 is 1.36 bits per heavy atom. The lowest BCUT2D eigenvalue weighted by atomic mass is 9.85. The Kier molecular flexibility index (Phi) is 5.71. The maximum Gasteiger partial charge on any atom is 0.0386 e. The monoisotopic (exact) mass is 217 g/mol. The molecule has 2 N–H and O–H groups in total. The van der Waals surface area contributed by atoms with Crippen molar-refractivity contribution in [3.8, 4) is 0 Å². The molecule has 0 aromatic heterocycles. The highest BCUT2D eigenvalue weighted by Crippen LogP contribution is 2.26. The summed E-state index contributed by atoms with van der Waals surface area (Å²) in [5.74, 6) is 2.26. The molecule has 1 fully saturated rings. The third kappa shape index (κ3) is 4.56. The second-order valence-electron chi connectivity index (χ2n) is 4.39. The molecule has 0 heterocycles. The normalized spacial score (nSPS) is 23.3. The number of hydrogen-bond acceptors (Lipinski definition) is 2. The van der Waals surface area contributed by atoms with Gasteiger partial charge in [0.05, 0.1) is 0 Å². The molecule has 0 amide bonds. The molecule has 1 rings (SSSR count). The van der Waals surface area contributed by atoms with Crippen LogP contribution in [0.3, 0.4) is 0 Å². The third-order valence-electron chi connectivity index (χ3n) is 3.08. The Morgan fingerprint density at radius 3 is 2.57 bits per heavy atom. The van der Waals surface area contributed by atoms with Crippen molar-refractivity contribution in [2.24, 2.45) is 11.7 Å². The first kappa shape index (κ1) is 12.2. The van der Waals surface area contributed by atoms with Crippen molar-refractivity contribution in [3.63, 3.8) is 0 Å². The van der Waals surface area contributed by atoms with E-state index in [1.54, 1.807) is 0 Å². The summed E-state index contributed by atoms with van der Waals surface area (Å²) in [5, 5.41) is 0. The maximum atomic E-state index is 11.3. The van der Waals surface area contributed by atoms with Gasteiger partial charge in [-0.3, -0.25) is 4.21 Å². The fourth-order valence-corrected chi connectivity index (χ4v) is 3.12. The summed E-state index contributed by atoms with van der Waals surface area (Å²) in [6, 6.07) is 0.166. The van der Waals surface area contributed by atoms with Crippen LogP contribution in [-0.2, 0) is 10.8 Å². The molecule has 2 atom stereocenters. The van der Waals surface area contributed by atoms with Gasteiger partial charge in [0.15, 0.2) is 0 Å². The summed E-state index contributed by atoms with van der Waals surface area (Å²) in [7, 11) is -0.686. The van der Waals surface area contributed by atoms with Gasteiger partial charge in [0.2, 0.25) is 0 Å². The molecule has 2 nitrogen and oxygen atoms in total. The molecule has 1 saturated carbocycles. The van der Waals surface area contributed by atoms with Crippen LogP contribution in [0, 0.1) is 5.92 Å². The zero-order valence-corrected chi connectivity index (χ0v) is 10.0. The largest absolute Gasteiger partial charge is 0.327 e. The van der Waals surface area contributed by atoms with Gasteiger partial charge in [-0.15, -0.1) is 0 Å². The molecule has 1 aliphatic rings. The third-order valence-corrected chi connectivity index (χ3v) is 4.53. The summed E-state index contributed by atoms with van der Waals surface area (Å²) in [4.78, 5) is 0. The van der Waals surface area contributed by atoms with Crippen LogP contribution >= 0.6 is 0 Å². The van der Waals surface area contributed by atoms with Crippen molar-refractivity contribution in [2.75, 3.05) is 11.5 Å². The summed E-state index contributed by atoms with van der Waals surface area (Å²) in [5.41, 5.74) is 5.99. The van der Waals surface area contributed by atoms with Crippen LogP contribution in [0.4, 0.5) is 0 Å². The molecule has 0 aliphatic heterocycles. The highest BCUT2D eigenvalue weighted by Gasteiger charge is 2.17. The van der Waals surface area contributed by atoms with Gasteiger partial charge < -0.3 is 5.73 Å². The predicted molar refractivity (Wildman–Crippen MR) is 62.7 cm³/mol. The Bertz CT molecular complexity index is 178. The van der Waals surface area contributed by atoms with Gasteiger partial charge in [-0.05, 0) is 12.3 Å². The number of hydrogen-bond donors (Lipinski definition) is 1. The standard InChI is InChI=1S/C11H23NOS/c1-2-14(13)9-11(12)8-10-6-4-3-5-7-10/h10-11H,2-9,12H2,1H3/t11-,14?/m0/s1. The maximum absolute atomic E-state index is 11.3. The lowest BCUT2D eigenvalue weighted by Crippen LogP contribution is -2.30. The van der Waals surface area contributed by atoms with Gasteiger partial charge in [-0.2, -0.15) is 0 Å². The van der Waals surface area contributed by atoms with Crippen LogP contribution in [-0.4, -0.2) is 21.8 Å². The van der Waals surface area contributed by atoms with E-state index in [1.165, 1.54) is 32.1 Å². The fourth-order valence-electron chi connectivity index (χ4n) is 2.28. The average Bonchev–Trinajstić information content (AvgIpc) is 2.19. The predicted octanol–water partition coefficient (Wildman–Crippen LogP) is 2.05. The molecule has 1 unspecified atom stereocenters. The number of rotatable bonds is 5. The van der Waals surface area contributed by atoms with Crippen LogP contribution in [0.15, 0.2) is 0 Å². The molecule has 0 saturated heterocycles. The molecule has 84 valence electrons. The summed E-state index contributed by atoms with van der Waals surface area (Å²) in [6.07, 6.45) is 7.90. The van der Waals surface area contributed by atoms with E-state index in [4.69, 9.17) is 5.73 Å². The Labute approximate surface area is 90.1 Å². The smallest absolute Gasteiger partial charge is 0.0386 e. The minimum absolute atomic E-state index is 0.166. The van der Waals surface area contributed by atoms with E-state index < -0.39 is 10.8 Å². The first-order chi connectivity index (χ1) is 6.72. The highest BCUT2D eigenvalue weighted by molar-refractivity contribution is 7.84. The molecule has 14 heavy (non-hydrogen) atoms. The summed E-state index contributed by atoms with van der Waals surface area (Å²) in [6.45, 7) is 1.96. The van der Waals surface area contributed by atoms with Crippen LogP contribution in [0.2, 0.25) is 0 Å². The van der Waals surface area contributed by atoms with Crippen molar-refractivity contribution < 1.29 is 4.21 Å². The minimum atomic E-state index is -0.686. The van der Waals surface area contributed by atoms with E-state index in [0.717, 1.165) is 18.1 Å². The molecule has 3 heteroatoms. The van der Waals surface area contributed by atoms with Crippen LogP contribution in [0.1, 0.15) is 45.4 Å². The van der Waals surface area contributed by atoms with E-state index in [-0.39, 0.29) is 6.04 Å². The first-order valence-corrected chi connectivity index (χ1v) is 7.31. The quantitative estimate of drug-likeness (QED) is 0.766. The second kappa shape index (κ2) is 6.57. The molecule has 0 bridgehead atoms. The summed E-state index contributed by atoms with van der Waals surface area (Å²) >= 11 is 0. The first-order valence-electron chi connectivity index (χ1n) is 5.83. The molecule has 0 aromatic rings. The molecular weight excluding hydrogens is 194 g/mol. The van der Waals surface area contributed by atoms with Crippen LogP contribution in [0.25, 0.3) is 0 Å². The lowest BCUT2D eigenvalue weighted by Gasteiger charge is -2.24. The fraction of sp³-hybridized carbons (Fsp3) is 1.00. The van der Waals surface area contributed by atoms with Crippen molar-refractivity contribution >= 4 is 10.8 Å². The van der Waals surface area contributed by atoms with Crippen LogP contribution in [0.5, 0.6) is 0 Å². The van der Waals surface area contributed by atoms with Gasteiger partial charge >= 0.3 is 0 Å². The van der Waals surface area contributed by atoms with Crippen molar-refractivity contribution in [1.29, 1.82) is 0 Å². The second-order valence-corrected chi connectivity index (χ2v) is 6.19. The Hall–Kier alpha value is 0.110. The SMILES string of the molecule is CCS(=O)C[C@@H](N)CC1CCCCC1. The van der Waals surface area contributed by atoms with Gasteiger partial charge in [-0.1, -0.05) is 39.0 Å². The van der Waals surface area contributed by atoms with Gasteiger partial charge in [0, 0.05) is 28.3 Å². The summed E-state index contributed by atoms with van der Waals surface area (Å²) < 4.78 is 11.3. The van der Waals surface area contributed by atoms with E-state index in [2.05, 4.69) is 0 Å². The van der Waals surface area contributed by atoms with E-state index >= 15 is 0 Å². The molecular formula is C11H23NOS. The highest BCUT2D eigenvalue weighted by atomic mass is 32.2. The molecule has 1 aliphatic carbocycles. The average molecular weight is 217 g/mol. The van der Waals surface area contributed by atoms with E-state index in [0.29, 0.717) is 5.75 Å². The topological polar surface area (TPSA) is 43.1 Å². The van der Waals surface area contributed by atoms with Crippen molar-refractivity contribution in [1.82, 2.24) is 0 Å². The van der Waals surface area contributed by atoms with Crippen molar-refractivity contribution in [2.45, 2.75) is 51.5 Å². The minimum Gasteiger partial charge on any atom is -0.327 e. The van der Waals surface area contributed by atoms with Gasteiger partial charge in [-0.25, -0.2) is 0 Å². The molecule has 0 spiro atoms. The number of nitrogens with two attached hydrogens (primary N) is 1. The van der Waals surface area contributed by atoms with Crippen LogP contribution < -0.4 is 5.73 Å². The Balaban J connectivity index is 2.18.